The Morgan fingerprint density at radius 2 is 2.14 bits per heavy atom. The lowest BCUT2D eigenvalue weighted by atomic mass is 10.1. The molecule has 3 heterocycles. The van der Waals surface area contributed by atoms with E-state index < -0.39 is 37.0 Å². The van der Waals surface area contributed by atoms with Gasteiger partial charge in [0.15, 0.2) is 17.4 Å². The zero-order valence-corrected chi connectivity index (χ0v) is 10.9. The number of aliphatic hydroxyl groups excluding tert-OH is 3. The molecule has 4 atom stereocenters. The number of fused-ring (bicyclic) bond motifs is 1. The molecule has 22 heavy (non-hydrogen) atoms. The quantitative estimate of drug-likeness (QED) is 0.319. The predicted octanol–water partition coefficient (Wildman–Crippen LogP) is -0.915. The molecule has 12 heteroatoms. The Kier molecular flexibility index (Phi) is 3.52. The maximum atomic E-state index is 10.0. The Morgan fingerprint density at radius 1 is 1.36 bits per heavy atom. The Balaban J connectivity index is 2.10. The monoisotopic (exact) mass is 309 g/mol. The van der Waals surface area contributed by atoms with Crippen LogP contribution in [0.15, 0.2) is 11.4 Å². The number of aliphatic hydroxyl groups is 3. The van der Waals surface area contributed by atoms with Crippen molar-refractivity contribution in [1.29, 1.82) is 0 Å². The molecule has 0 amide bonds. The summed E-state index contributed by atoms with van der Waals surface area (Å²) < 4.78 is 6.60. The molecule has 0 aliphatic carbocycles. The summed E-state index contributed by atoms with van der Waals surface area (Å²) in [6.07, 6.45) is -3.46. The van der Waals surface area contributed by atoms with Crippen molar-refractivity contribution in [2.75, 3.05) is 6.61 Å². The molecule has 1 aliphatic heterocycles. The van der Waals surface area contributed by atoms with E-state index >= 15 is 0 Å². The second-order valence-corrected chi connectivity index (χ2v) is 4.59. The van der Waals surface area contributed by atoms with E-state index in [4.69, 9.17) is 15.4 Å². The summed E-state index contributed by atoms with van der Waals surface area (Å²) in [7, 11) is 0. The maximum Gasteiger partial charge on any atom is 0.243 e. The van der Waals surface area contributed by atoms with Gasteiger partial charge in [-0.15, -0.1) is 0 Å². The van der Waals surface area contributed by atoms with Crippen molar-refractivity contribution >= 4 is 17.1 Å². The molecule has 116 valence electrons. The first-order chi connectivity index (χ1) is 10.6. The summed E-state index contributed by atoms with van der Waals surface area (Å²) in [6, 6.07) is 0. The van der Waals surface area contributed by atoms with E-state index in [2.05, 4.69) is 25.0 Å². The van der Waals surface area contributed by atoms with E-state index in [0.29, 0.717) is 0 Å². The van der Waals surface area contributed by atoms with E-state index in [1.54, 1.807) is 0 Å². The fraction of sp³-hybridized carbons (Fsp3) is 0.500. The van der Waals surface area contributed by atoms with Gasteiger partial charge < -0.3 is 25.2 Å². The highest BCUT2D eigenvalue weighted by atomic mass is 16.6. The van der Waals surface area contributed by atoms with Gasteiger partial charge in [-0.1, -0.05) is 0 Å². The third kappa shape index (κ3) is 2.11. The molecule has 1 aliphatic rings. The van der Waals surface area contributed by atoms with Crippen LogP contribution in [0.5, 0.6) is 5.88 Å². The minimum atomic E-state index is -1.34. The number of nitrogens with zero attached hydrogens (tertiary/aromatic N) is 7. The van der Waals surface area contributed by atoms with Crippen molar-refractivity contribution in [2.24, 2.45) is 5.11 Å². The SMILES string of the molecule is [N-]=[N+]=Nc1nc(O)c2ncn([C@@H]3O[C@H](CO)[C@@H](O)[C@H]3O)c2n1. The van der Waals surface area contributed by atoms with E-state index in [1.165, 1.54) is 10.9 Å². The van der Waals surface area contributed by atoms with Gasteiger partial charge in [0.1, 0.15) is 18.3 Å². The number of rotatable bonds is 3. The van der Waals surface area contributed by atoms with Crippen molar-refractivity contribution < 1.29 is 25.2 Å². The highest BCUT2D eigenvalue weighted by Crippen LogP contribution is 2.33. The van der Waals surface area contributed by atoms with Crippen LogP contribution < -0.4 is 0 Å². The van der Waals surface area contributed by atoms with Crippen LogP contribution in [-0.2, 0) is 4.74 Å². The second-order valence-electron chi connectivity index (χ2n) is 4.59. The molecular formula is C10H11N7O5. The van der Waals surface area contributed by atoms with Crippen molar-refractivity contribution in [3.05, 3.63) is 16.8 Å². The molecule has 1 saturated heterocycles. The van der Waals surface area contributed by atoms with Crippen LogP contribution in [0.1, 0.15) is 6.23 Å². The minimum Gasteiger partial charge on any atom is -0.492 e. The van der Waals surface area contributed by atoms with Crippen LogP contribution in [0, 0.1) is 0 Å². The minimum absolute atomic E-state index is 0.00891. The average Bonchev–Trinajstić information content (AvgIpc) is 3.03. The molecule has 0 unspecified atom stereocenters. The summed E-state index contributed by atoms with van der Waals surface area (Å²) in [5, 5.41) is 41.8. The summed E-state index contributed by atoms with van der Waals surface area (Å²) >= 11 is 0. The molecule has 0 bridgehead atoms. The van der Waals surface area contributed by atoms with Gasteiger partial charge in [0.25, 0.3) is 0 Å². The zero-order valence-electron chi connectivity index (χ0n) is 10.9. The first kappa shape index (κ1) is 14.4. The number of ether oxygens (including phenoxy) is 1. The predicted molar refractivity (Wildman–Crippen MR) is 68.8 cm³/mol. The molecule has 3 rings (SSSR count). The number of azide groups is 1. The van der Waals surface area contributed by atoms with Gasteiger partial charge >= 0.3 is 0 Å². The fourth-order valence-electron chi connectivity index (χ4n) is 2.27. The fourth-order valence-corrected chi connectivity index (χ4v) is 2.27. The largest absolute Gasteiger partial charge is 0.492 e. The number of aromatic nitrogens is 4. The molecule has 0 radical (unpaired) electrons. The van der Waals surface area contributed by atoms with Crippen molar-refractivity contribution in [3.8, 4) is 5.88 Å². The maximum absolute atomic E-state index is 10.0. The summed E-state index contributed by atoms with van der Waals surface area (Å²) in [4.78, 5) is 13.9. The second kappa shape index (κ2) is 5.36. The zero-order chi connectivity index (χ0) is 15.9. The van der Waals surface area contributed by atoms with Crippen LogP contribution in [-0.4, -0.2) is 64.9 Å². The Morgan fingerprint density at radius 3 is 2.77 bits per heavy atom. The van der Waals surface area contributed by atoms with Gasteiger partial charge in [0.05, 0.1) is 12.9 Å². The summed E-state index contributed by atoms with van der Waals surface area (Å²) in [6.45, 7) is -0.481. The number of imidazole rings is 1. The molecule has 1 fully saturated rings. The molecule has 0 spiro atoms. The normalized spacial score (nSPS) is 28.0. The summed E-state index contributed by atoms with van der Waals surface area (Å²) in [5.74, 6) is -0.834. The first-order valence-electron chi connectivity index (χ1n) is 6.18. The lowest BCUT2D eigenvalue weighted by molar-refractivity contribution is -0.0511. The average molecular weight is 309 g/mol. The van der Waals surface area contributed by atoms with Gasteiger partial charge in [-0.05, 0) is 10.6 Å². The molecule has 0 aromatic carbocycles. The van der Waals surface area contributed by atoms with Gasteiger partial charge in [-0.25, -0.2) is 9.97 Å². The lowest BCUT2D eigenvalue weighted by Gasteiger charge is -2.16. The van der Waals surface area contributed by atoms with Crippen LogP contribution in [0.4, 0.5) is 5.95 Å². The van der Waals surface area contributed by atoms with Crippen LogP contribution in [0.25, 0.3) is 21.6 Å². The van der Waals surface area contributed by atoms with Gasteiger partial charge in [0, 0.05) is 4.91 Å². The van der Waals surface area contributed by atoms with Gasteiger partial charge in [0.2, 0.25) is 11.8 Å². The number of aromatic hydroxyl groups is 1. The number of hydrogen-bond acceptors (Lipinski definition) is 9. The van der Waals surface area contributed by atoms with Crippen LogP contribution in [0.2, 0.25) is 0 Å². The topological polar surface area (TPSA) is 183 Å². The van der Waals surface area contributed by atoms with E-state index in [0.717, 1.165) is 0 Å². The molecule has 12 nitrogen and oxygen atoms in total. The number of hydrogen-bond donors (Lipinski definition) is 4. The third-order valence-electron chi connectivity index (χ3n) is 3.32. The first-order valence-corrected chi connectivity index (χ1v) is 6.18. The van der Waals surface area contributed by atoms with E-state index in [1.807, 2.05) is 0 Å². The smallest absolute Gasteiger partial charge is 0.243 e. The van der Waals surface area contributed by atoms with E-state index in [-0.39, 0.29) is 17.1 Å². The van der Waals surface area contributed by atoms with Crippen molar-refractivity contribution in [1.82, 2.24) is 19.5 Å². The van der Waals surface area contributed by atoms with Crippen molar-refractivity contribution in [2.45, 2.75) is 24.5 Å². The lowest BCUT2D eigenvalue weighted by Crippen LogP contribution is -2.33. The molecule has 2 aromatic rings. The highest BCUT2D eigenvalue weighted by molar-refractivity contribution is 5.77. The highest BCUT2D eigenvalue weighted by Gasteiger charge is 2.44. The van der Waals surface area contributed by atoms with Gasteiger partial charge in [-0.3, -0.25) is 4.57 Å². The van der Waals surface area contributed by atoms with Crippen molar-refractivity contribution in [3.63, 3.8) is 0 Å². The molecule has 2 aromatic heterocycles. The van der Waals surface area contributed by atoms with Crippen LogP contribution in [0.3, 0.4) is 0 Å². The summed E-state index contributed by atoms with van der Waals surface area (Å²) in [5.41, 5.74) is 8.46. The Bertz CT molecular complexity index is 757. The third-order valence-corrected chi connectivity index (χ3v) is 3.32. The molecule has 4 N–H and O–H groups in total. The van der Waals surface area contributed by atoms with Gasteiger partial charge in [-0.2, -0.15) is 4.98 Å². The van der Waals surface area contributed by atoms with E-state index in [9.17, 15) is 15.3 Å². The Labute approximate surface area is 121 Å². The van der Waals surface area contributed by atoms with Crippen LogP contribution >= 0.6 is 0 Å². The molecule has 0 saturated carbocycles. The standard InChI is InChI=1S/C10H11N7O5/c11-16-15-10-13-7-4(8(21)14-10)12-2-17(7)9-6(20)5(19)3(1-18)22-9/h2-3,5-6,9,18-20H,1H2,(H,13,14,21)/t3-,5-,6-,9-/m1/s1. The molecular weight excluding hydrogens is 298 g/mol. The Hall–Kier alpha value is -2.50.